The summed E-state index contributed by atoms with van der Waals surface area (Å²) in [6.45, 7) is 1.48. The van der Waals surface area contributed by atoms with Gasteiger partial charge in [-0.3, -0.25) is 19.2 Å². The molecule has 38 heavy (non-hydrogen) atoms. The Morgan fingerprint density at radius 3 is 2.32 bits per heavy atom. The third kappa shape index (κ3) is 6.00. The number of anilines is 1. The first-order chi connectivity index (χ1) is 18.2. The number of halogens is 1. The van der Waals surface area contributed by atoms with Gasteiger partial charge in [0.15, 0.2) is 5.78 Å². The Kier molecular flexibility index (Phi) is 8.06. The highest BCUT2D eigenvalue weighted by Crippen LogP contribution is 2.27. The van der Waals surface area contributed by atoms with Crippen LogP contribution in [0, 0.1) is 5.82 Å². The van der Waals surface area contributed by atoms with Crippen molar-refractivity contribution in [1.29, 1.82) is 0 Å². The number of fused-ring (bicyclic) bond motifs is 1. The first-order valence-electron chi connectivity index (χ1n) is 12.1. The molecule has 0 saturated heterocycles. The molecule has 3 aromatic rings. The van der Waals surface area contributed by atoms with Crippen molar-refractivity contribution in [2.75, 3.05) is 11.9 Å². The van der Waals surface area contributed by atoms with Gasteiger partial charge in [0.2, 0.25) is 18.0 Å². The van der Waals surface area contributed by atoms with Gasteiger partial charge in [-0.15, -0.1) is 0 Å². The summed E-state index contributed by atoms with van der Waals surface area (Å²) < 4.78 is 13.1. The van der Waals surface area contributed by atoms with Crippen molar-refractivity contribution in [2.45, 2.75) is 32.0 Å². The summed E-state index contributed by atoms with van der Waals surface area (Å²) in [7, 11) is 1.62. The minimum Gasteiger partial charge on any atom is -0.345 e. The standard InChI is InChI=1S/C29H27FN4O4/c1-18(31-25(36)17-16-24(35)19-12-14-21(30)15-13-19)28(37)33-27-29(38)34(2)23-11-7-6-10-22(23)26(32-27)20-8-4-3-5-9-20/h3-15,18,27H,16-17H2,1-2H3,(H,31,36)(H,33,37)/t18-,27+/m0/s1. The number of benzodiazepines with no additional fused rings is 1. The maximum atomic E-state index is 13.3. The van der Waals surface area contributed by atoms with E-state index < -0.39 is 35.7 Å². The number of hydrogen-bond acceptors (Lipinski definition) is 5. The van der Waals surface area contributed by atoms with E-state index in [1.165, 1.54) is 36.1 Å². The van der Waals surface area contributed by atoms with Gasteiger partial charge in [0.1, 0.15) is 11.9 Å². The maximum absolute atomic E-state index is 13.3. The van der Waals surface area contributed by atoms with Crippen molar-refractivity contribution >= 4 is 34.9 Å². The summed E-state index contributed by atoms with van der Waals surface area (Å²) in [5.74, 6) is -2.31. The number of ketones is 1. The number of carbonyl (C=O) groups excluding carboxylic acids is 4. The summed E-state index contributed by atoms with van der Waals surface area (Å²) in [4.78, 5) is 56.9. The number of hydrogen-bond donors (Lipinski definition) is 2. The molecule has 0 spiro atoms. The minimum absolute atomic E-state index is 0.0965. The summed E-state index contributed by atoms with van der Waals surface area (Å²) in [6.07, 6.45) is -1.46. The number of Topliss-reactive ketones (excluding diaryl/α,β-unsaturated/α-hetero) is 1. The third-order valence-corrected chi connectivity index (χ3v) is 6.19. The fourth-order valence-electron chi connectivity index (χ4n) is 4.09. The van der Waals surface area contributed by atoms with E-state index in [0.717, 1.165) is 11.1 Å². The number of nitrogens with zero attached hydrogens (tertiary/aromatic N) is 2. The van der Waals surface area contributed by atoms with Crippen molar-refractivity contribution in [1.82, 2.24) is 10.6 Å². The molecule has 0 aromatic heterocycles. The van der Waals surface area contributed by atoms with E-state index >= 15 is 0 Å². The monoisotopic (exact) mass is 514 g/mol. The molecule has 3 amide bonds. The zero-order chi connectivity index (χ0) is 27.2. The van der Waals surface area contributed by atoms with Gasteiger partial charge in [0.25, 0.3) is 5.91 Å². The Labute approximate surface area is 219 Å². The van der Waals surface area contributed by atoms with Crippen molar-refractivity contribution in [3.8, 4) is 0 Å². The second kappa shape index (κ2) is 11.6. The van der Waals surface area contributed by atoms with E-state index in [4.69, 9.17) is 0 Å². The Morgan fingerprint density at radius 1 is 0.947 bits per heavy atom. The molecule has 2 atom stereocenters. The molecule has 0 bridgehead atoms. The minimum atomic E-state index is -1.21. The Bertz CT molecular complexity index is 1390. The number of amides is 3. The highest BCUT2D eigenvalue weighted by atomic mass is 19.1. The van der Waals surface area contributed by atoms with E-state index in [2.05, 4.69) is 15.6 Å². The second-order valence-corrected chi connectivity index (χ2v) is 8.89. The molecule has 0 fully saturated rings. The van der Waals surface area contributed by atoms with Crippen LogP contribution in [0.5, 0.6) is 0 Å². The van der Waals surface area contributed by atoms with E-state index in [0.29, 0.717) is 17.0 Å². The molecule has 9 heteroatoms. The van der Waals surface area contributed by atoms with Crippen LogP contribution in [0.1, 0.15) is 41.3 Å². The fourth-order valence-corrected chi connectivity index (χ4v) is 4.09. The van der Waals surface area contributed by atoms with Gasteiger partial charge in [-0.05, 0) is 37.3 Å². The van der Waals surface area contributed by atoms with Gasteiger partial charge in [0.05, 0.1) is 11.4 Å². The number of aliphatic imine (C=N–C) groups is 1. The average molecular weight is 515 g/mol. The highest BCUT2D eigenvalue weighted by Gasteiger charge is 2.32. The first kappa shape index (κ1) is 26.4. The molecule has 4 rings (SSSR count). The topological polar surface area (TPSA) is 108 Å². The second-order valence-electron chi connectivity index (χ2n) is 8.89. The number of carbonyl (C=O) groups is 4. The Morgan fingerprint density at radius 2 is 1.61 bits per heavy atom. The molecule has 1 heterocycles. The van der Waals surface area contributed by atoms with E-state index in [9.17, 15) is 23.6 Å². The van der Waals surface area contributed by atoms with Crippen LogP contribution in [-0.2, 0) is 14.4 Å². The van der Waals surface area contributed by atoms with Crippen molar-refractivity contribution in [3.05, 3.63) is 101 Å². The highest BCUT2D eigenvalue weighted by molar-refractivity contribution is 6.20. The van der Waals surface area contributed by atoms with E-state index in [-0.39, 0.29) is 18.6 Å². The molecule has 0 radical (unpaired) electrons. The van der Waals surface area contributed by atoms with Gasteiger partial charge in [-0.2, -0.15) is 0 Å². The normalized spacial score (nSPS) is 15.6. The Balaban J connectivity index is 1.44. The van der Waals surface area contributed by atoms with Gasteiger partial charge < -0.3 is 15.5 Å². The molecule has 0 saturated carbocycles. The number of nitrogens with one attached hydrogen (secondary N) is 2. The number of likely N-dealkylation sites (N-methyl/N-ethyl adjacent to an activating group) is 1. The third-order valence-electron chi connectivity index (χ3n) is 6.19. The van der Waals surface area contributed by atoms with Gasteiger partial charge >= 0.3 is 0 Å². The number of para-hydroxylation sites is 1. The van der Waals surface area contributed by atoms with Gasteiger partial charge in [0, 0.05) is 36.6 Å². The zero-order valence-electron chi connectivity index (χ0n) is 21.0. The molecule has 0 aliphatic carbocycles. The van der Waals surface area contributed by atoms with Crippen LogP contribution in [0.4, 0.5) is 10.1 Å². The van der Waals surface area contributed by atoms with Crippen molar-refractivity contribution < 1.29 is 23.6 Å². The molecule has 3 aromatic carbocycles. The SMILES string of the molecule is C[C@H](NC(=O)CCC(=O)c1ccc(F)cc1)C(=O)N[C@H]1N=C(c2ccccc2)c2ccccc2N(C)C1=O. The first-order valence-corrected chi connectivity index (χ1v) is 12.1. The van der Waals surface area contributed by atoms with Crippen molar-refractivity contribution in [2.24, 2.45) is 4.99 Å². The largest absolute Gasteiger partial charge is 0.345 e. The van der Waals surface area contributed by atoms with Crippen molar-refractivity contribution in [3.63, 3.8) is 0 Å². The lowest BCUT2D eigenvalue weighted by molar-refractivity contribution is -0.130. The molecule has 2 N–H and O–H groups in total. The lowest BCUT2D eigenvalue weighted by Gasteiger charge is -2.22. The van der Waals surface area contributed by atoms with E-state index in [1.807, 2.05) is 54.6 Å². The molecule has 1 aliphatic heterocycles. The molecule has 1 aliphatic rings. The van der Waals surface area contributed by atoms with Crippen LogP contribution in [0.25, 0.3) is 0 Å². The van der Waals surface area contributed by atoms with E-state index in [1.54, 1.807) is 7.05 Å². The molecule has 194 valence electrons. The van der Waals surface area contributed by atoms with Crippen LogP contribution in [0.2, 0.25) is 0 Å². The summed E-state index contributed by atoms with van der Waals surface area (Å²) in [6, 6.07) is 20.8. The molecule has 0 unspecified atom stereocenters. The van der Waals surface area contributed by atoms with Crippen LogP contribution in [0.3, 0.4) is 0 Å². The predicted molar refractivity (Wildman–Crippen MR) is 141 cm³/mol. The summed E-state index contributed by atoms with van der Waals surface area (Å²) in [5.41, 5.74) is 3.05. The molecule has 8 nitrogen and oxygen atoms in total. The summed E-state index contributed by atoms with van der Waals surface area (Å²) in [5, 5.41) is 5.19. The number of rotatable bonds is 8. The smallest absolute Gasteiger partial charge is 0.272 e. The average Bonchev–Trinajstić information content (AvgIpc) is 3.03. The van der Waals surface area contributed by atoms with Crippen LogP contribution >= 0.6 is 0 Å². The Hall–Kier alpha value is -4.66. The molecular formula is C29H27FN4O4. The lowest BCUT2D eigenvalue weighted by atomic mass is 10.0. The maximum Gasteiger partial charge on any atom is 0.272 e. The fraction of sp³-hybridized carbons (Fsp3) is 0.207. The van der Waals surface area contributed by atoms with Crippen LogP contribution in [-0.4, -0.2) is 48.5 Å². The zero-order valence-corrected chi connectivity index (χ0v) is 21.0. The predicted octanol–water partition coefficient (Wildman–Crippen LogP) is 3.25. The van der Waals surface area contributed by atoms with Crippen LogP contribution < -0.4 is 15.5 Å². The van der Waals surface area contributed by atoms with Gasteiger partial charge in [-0.1, -0.05) is 48.5 Å². The summed E-state index contributed by atoms with van der Waals surface area (Å²) >= 11 is 0. The quantitative estimate of drug-likeness (QED) is 0.450. The lowest BCUT2D eigenvalue weighted by Crippen LogP contribution is -2.52. The molecular weight excluding hydrogens is 487 g/mol. The number of benzene rings is 3. The van der Waals surface area contributed by atoms with Gasteiger partial charge in [-0.25, -0.2) is 9.38 Å². The van der Waals surface area contributed by atoms with Crippen LogP contribution in [0.15, 0.2) is 83.9 Å².